The van der Waals surface area contributed by atoms with E-state index in [9.17, 15) is 19.2 Å². The zero-order chi connectivity index (χ0) is 21.4. The van der Waals surface area contributed by atoms with Gasteiger partial charge in [-0.3, -0.25) is 19.2 Å². The Kier molecular flexibility index (Phi) is 4.35. The number of esters is 1. The predicted molar refractivity (Wildman–Crippen MR) is 107 cm³/mol. The summed E-state index contributed by atoms with van der Waals surface area (Å²) in [5, 5.41) is 0. The lowest BCUT2D eigenvalue weighted by molar-refractivity contribution is -0.182. The number of carbonyl (C=O) groups excluding carboxylic acids is 4. The molecule has 0 saturated heterocycles. The van der Waals surface area contributed by atoms with E-state index in [1.807, 2.05) is 6.92 Å². The van der Waals surface area contributed by atoms with E-state index in [2.05, 4.69) is 13.5 Å². The lowest BCUT2D eigenvalue weighted by Gasteiger charge is -2.58. The molecule has 0 spiro atoms. The number of hydrogen-bond acceptors (Lipinski definition) is 5. The first-order valence-corrected chi connectivity index (χ1v) is 10.6. The Morgan fingerprint density at radius 2 is 1.79 bits per heavy atom. The molecule has 3 fully saturated rings. The molecule has 0 heterocycles. The van der Waals surface area contributed by atoms with Crippen LogP contribution < -0.4 is 0 Å². The van der Waals surface area contributed by atoms with Gasteiger partial charge in [-0.25, -0.2) is 0 Å². The second kappa shape index (κ2) is 6.23. The Balaban J connectivity index is 1.79. The summed E-state index contributed by atoms with van der Waals surface area (Å²) in [6.45, 7) is 11.2. The van der Waals surface area contributed by atoms with Crippen LogP contribution in [0.1, 0.15) is 66.2 Å². The summed E-state index contributed by atoms with van der Waals surface area (Å²) >= 11 is 0. The summed E-state index contributed by atoms with van der Waals surface area (Å²) in [6.07, 6.45) is 5.33. The predicted octanol–water partition coefficient (Wildman–Crippen LogP) is 3.75. The van der Waals surface area contributed by atoms with Crippen LogP contribution in [0.5, 0.6) is 0 Å². The molecule has 5 heteroatoms. The fourth-order valence-corrected chi connectivity index (χ4v) is 7.46. The van der Waals surface area contributed by atoms with Gasteiger partial charge in [0, 0.05) is 30.8 Å². The average molecular weight is 398 g/mol. The topological polar surface area (TPSA) is 77.5 Å². The van der Waals surface area contributed by atoms with Gasteiger partial charge in [0.2, 0.25) is 0 Å². The number of rotatable bonds is 2. The van der Waals surface area contributed by atoms with Gasteiger partial charge in [0.05, 0.1) is 0 Å². The summed E-state index contributed by atoms with van der Waals surface area (Å²) < 4.78 is 5.77. The summed E-state index contributed by atoms with van der Waals surface area (Å²) in [5.74, 6) is -0.118. The molecule has 0 radical (unpaired) electrons. The van der Waals surface area contributed by atoms with Crippen molar-refractivity contribution in [3.63, 3.8) is 0 Å². The molecule has 4 aliphatic carbocycles. The van der Waals surface area contributed by atoms with Gasteiger partial charge in [0.25, 0.3) is 0 Å². The zero-order valence-corrected chi connectivity index (χ0v) is 17.8. The summed E-state index contributed by atoms with van der Waals surface area (Å²) in [5.41, 5.74) is -0.805. The van der Waals surface area contributed by atoms with Crippen molar-refractivity contribution in [3.05, 3.63) is 23.8 Å². The van der Waals surface area contributed by atoms with Crippen molar-refractivity contribution >= 4 is 23.3 Å². The number of Topliss-reactive ketones (excluding diaryl/α,β-unsaturated/α-hetero) is 2. The minimum Gasteiger partial charge on any atom is -0.446 e. The Hall–Kier alpha value is -2.04. The van der Waals surface area contributed by atoms with Crippen molar-refractivity contribution in [3.8, 4) is 0 Å². The maximum Gasteiger partial charge on any atom is 0.303 e. The first-order chi connectivity index (χ1) is 13.5. The molecule has 0 bridgehead atoms. The van der Waals surface area contributed by atoms with Crippen molar-refractivity contribution in [1.29, 1.82) is 0 Å². The summed E-state index contributed by atoms with van der Waals surface area (Å²) in [6, 6.07) is 0. The molecule has 6 atom stereocenters. The molecule has 0 N–H and O–H groups in total. The van der Waals surface area contributed by atoms with Gasteiger partial charge in [-0.05, 0) is 67.4 Å². The molecule has 0 aromatic carbocycles. The molecule has 5 nitrogen and oxygen atoms in total. The van der Waals surface area contributed by atoms with Crippen LogP contribution in [0, 0.1) is 28.6 Å². The molecule has 3 saturated carbocycles. The Morgan fingerprint density at radius 3 is 2.41 bits per heavy atom. The van der Waals surface area contributed by atoms with Gasteiger partial charge in [0.1, 0.15) is 0 Å². The highest BCUT2D eigenvalue weighted by molar-refractivity contribution is 6.06. The van der Waals surface area contributed by atoms with Crippen LogP contribution in [0.15, 0.2) is 23.8 Å². The third-order valence-electron chi connectivity index (χ3n) is 8.74. The Morgan fingerprint density at radius 1 is 1.10 bits per heavy atom. The number of carbonyl (C=O) groups is 4. The van der Waals surface area contributed by atoms with Crippen LogP contribution in [0.4, 0.5) is 0 Å². The molecule has 0 unspecified atom stereocenters. The van der Waals surface area contributed by atoms with Crippen molar-refractivity contribution in [2.24, 2.45) is 28.6 Å². The van der Waals surface area contributed by atoms with E-state index >= 15 is 0 Å². The first-order valence-electron chi connectivity index (χ1n) is 10.6. The fraction of sp³-hybridized carbons (Fsp3) is 0.667. The molecular formula is C24H30O5. The van der Waals surface area contributed by atoms with Gasteiger partial charge in [-0.15, -0.1) is 0 Å². The van der Waals surface area contributed by atoms with E-state index in [-0.39, 0.29) is 40.5 Å². The second-order valence-electron chi connectivity index (χ2n) is 10.0. The highest BCUT2D eigenvalue weighted by Crippen LogP contribution is 2.68. The smallest absolute Gasteiger partial charge is 0.303 e. The zero-order valence-electron chi connectivity index (χ0n) is 17.8. The van der Waals surface area contributed by atoms with Gasteiger partial charge >= 0.3 is 5.97 Å². The van der Waals surface area contributed by atoms with Crippen LogP contribution in [0.3, 0.4) is 0 Å². The Bertz CT molecular complexity index is 882. The quantitative estimate of drug-likeness (QED) is 0.523. The van der Waals surface area contributed by atoms with Crippen molar-refractivity contribution in [2.75, 3.05) is 0 Å². The normalized spacial score (nSPS) is 43.8. The standard InChI is InChI=1S/C24H30O5/c1-13-10-19-17-12-21(28)20-11-16(27)6-8-22(20,4)18(17)7-9-23(19,5)24(13,14(2)25)29-15(3)26/h11,17-19H,1,6-10,12H2,2-5H3/t17-,18+,19+,22-,23+,24+/m1/s1. The maximum atomic E-state index is 13.1. The van der Waals surface area contributed by atoms with E-state index in [4.69, 9.17) is 4.74 Å². The van der Waals surface area contributed by atoms with Crippen LogP contribution in [-0.2, 0) is 23.9 Å². The average Bonchev–Trinajstić information content (AvgIpc) is 2.85. The van der Waals surface area contributed by atoms with Crippen LogP contribution in [0.25, 0.3) is 0 Å². The van der Waals surface area contributed by atoms with Gasteiger partial charge in [-0.2, -0.15) is 0 Å². The highest BCUT2D eigenvalue weighted by Gasteiger charge is 2.70. The summed E-state index contributed by atoms with van der Waals surface area (Å²) in [4.78, 5) is 49.9. The number of fused-ring (bicyclic) bond motifs is 5. The number of allylic oxidation sites excluding steroid dienone is 1. The third kappa shape index (κ3) is 2.45. The Labute approximate surface area is 171 Å². The lowest BCUT2D eigenvalue weighted by atomic mass is 9.46. The first kappa shape index (κ1) is 20.2. The van der Waals surface area contributed by atoms with Crippen LogP contribution >= 0.6 is 0 Å². The molecule has 29 heavy (non-hydrogen) atoms. The molecule has 0 amide bonds. The van der Waals surface area contributed by atoms with Crippen molar-refractivity contribution in [2.45, 2.75) is 71.8 Å². The number of hydrogen-bond donors (Lipinski definition) is 0. The van der Waals surface area contributed by atoms with Gasteiger partial charge in [0.15, 0.2) is 23.0 Å². The molecule has 0 aromatic heterocycles. The van der Waals surface area contributed by atoms with Gasteiger partial charge < -0.3 is 4.74 Å². The van der Waals surface area contributed by atoms with E-state index in [1.54, 1.807) is 6.08 Å². The lowest BCUT2D eigenvalue weighted by Crippen LogP contribution is -2.59. The molecule has 0 aromatic rings. The molecular weight excluding hydrogens is 368 g/mol. The maximum absolute atomic E-state index is 13.1. The molecule has 4 rings (SSSR count). The van der Waals surface area contributed by atoms with Crippen molar-refractivity contribution in [1.82, 2.24) is 0 Å². The minimum absolute atomic E-state index is 0.0459. The van der Waals surface area contributed by atoms with Crippen LogP contribution in [-0.4, -0.2) is 28.9 Å². The van der Waals surface area contributed by atoms with E-state index < -0.39 is 17.0 Å². The van der Waals surface area contributed by atoms with Crippen molar-refractivity contribution < 1.29 is 23.9 Å². The SMILES string of the molecule is C=C1C[C@H]2[C@@H]3CC(=O)C4=CC(=O)CC[C@]4(C)[C@H]3CC[C@]2(C)[C@@]1(OC(C)=O)C(C)=O. The minimum atomic E-state index is -1.31. The molecule has 4 aliphatic rings. The number of ether oxygens (including phenoxy) is 1. The largest absolute Gasteiger partial charge is 0.446 e. The monoisotopic (exact) mass is 398 g/mol. The van der Waals surface area contributed by atoms with E-state index in [1.165, 1.54) is 13.8 Å². The van der Waals surface area contributed by atoms with E-state index in [0.717, 1.165) is 12.8 Å². The summed E-state index contributed by atoms with van der Waals surface area (Å²) in [7, 11) is 0. The van der Waals surface area contributed by atoms with E-state index in [0.29, 0.717) is 36.8 Å². The van der Waals surface area contributed by atoms with Crippen LogP contribution in [0.2, 0.25) is 0 Å². The third-order valence-corrected chi connectivity index (χ3v) is 8.74. The molecule has 156 valence electrons. The molecule has 0 aliphatic heterocycles. The second-order valence-corrected chi connectivity index (χ2v) is 10.0. The van der Waals surface area contributed by atoms with Gasteiger partial charge in [-0.1, -0.05) is 20.4 Å². The highest BCUT2D eigenvalue weighted by atomic mass is 16.6. The fourth-order valence-electron chi connectivity index (χ4n) is 7.46. The number of ketones is 3.